The Balaban J connectivity index is 1.79. The molecule has 0 aliphatic carbocycles. The number of rotatable bonds is 7. The highest BCUT2D eigenvalue weighted by atomic mass is 32.2. The number of thioether (sulfide) groups is 1. The topological polar surface area (TPSA) is 85.1 Å². The minimum Gasteiger partial charge on any atom is -0.369 e. The number of anilines is 1. The number of carbonyl (C=O) groups excluding carboxylic acids is 2. The van der Waals surface area contributed by atoms with Crippen LogP contribution in [0.3, 0.4) is 0 Å². The van der Waals surface area contributed by atoms with Gasteiger partial charge in [0.2, 0.25) is 11.8 Å². The molecule has 0 fully saturated rings. The predicted octanol–water partition coefficient (Wildman–Crippen LogP) is 2.74. The van der Waals surface area contributed by atoms with Gasteiger partial charge in [0.05, 0.1) is 12.1 Å². The van der Waals surface area contributed by atoms with Gasteiger partial charge in [0, 0.05) is 22.7 Å². The van der Waals surface area contributed by atoms with Gasteiger partial charge in [0.1, 0.15) is 10.2 Å². The van der Waals surface area contributed by atoms with E-state index in [-0.39, 0.29) is 24.1 Å². The van der Waals surface area contributed by atoms with Crippen LogP contribution in [0.25, 0.3) is 0 Å². The summed E-state index contributed by atoms with van der Waals surface area (Å²) in [7, 11) is 0. The van der Waals surface area contributed by atoms with Gasteiger partial charge < -0.3 is 11.1 Å². The molecule has 0 saturated carbocycles. The molecule has 2 aromatic rings. The van der Waals surface area contributed by atoms with Crippen molar-refractivity contribution in [3.8, 4) is 0 Å². The average molecular weight is 353 g/mol. The van der Waals surface area contributed by atoms with E-state index in [0.717, 1.165) is 14.9 Å². The Labute approximate surface area is 141 Å². The van der Waals surface area contributed by atoms with E-state index in [1.807, 2.05) is 6.92 Å². The Morgan fingerprint density at radius 1 is 1.35 bits per heavy atom. The van der Waals surface area contributed by atoms with Crippen molar-refractivity contribution >= 4 is 40.6 Å². The predicted molar refractivity (Wildman–Crippen MR) is 90.1 cm³/mol. The van der Waals surface area contributed by atoms with Crippen LogP contribution in [0.1, 0.15) is 17.0 Å². The van der Waals surface area contributed by atoms with Crippen molar-refractivity contribution in [2.75, 3.05) is 11.1 Å². The first-order valence-electron chi connectivity index (χ1n) is 6.87. The third-order valence-electron chi connectivity index (χ3n) is 2.89. The van der Waals surface area contributed by atoms with E-state index >= 15 is 0 Å². The first kappa shape index (κ1) is 17.4. The van der Waals surface area contributed by atoms with Crippen molar-refractivity contribution in [1.29, 1.82) is 0 Å². The Bertz CT molecular complexity index is 701. The molecule has 0 bridgehead atoms. The molecule has 2 amide bonds. The number of nitrogens with two attached hydrogens (primary N) is 1. The fraction of sp³-hybridized carbons (Fsp3) is 0.267. The van der Waals surface area contributed by atoms with Gasteiger partial charge in [-0.2, -0.15) is 0 Å². The third kappa shape index (κ3) is 5.65. The number of primary amides is 1. The van der Waals surface area contributed by atoms with Gasteiger partial charge in [-0.1, -0.05) is 11.8 Å². The lowest BCUT2D eigenvalue weighted by Gasteiger charge is -2.04. The number of benzene rings is 1. The Hall–Kier alpha value is -1.93. The minimum absolute atomic E-state index is 0.144. The summed E-state index contributed by atoms with van der Waals surface area (Å²) in [6.45, 7) is 1.83. The van der Waals surface area contributed by atoms with Crippen molar-refractivity contribution in [3.63, 3.8) is 0 Å². The SMILES string of the molecule is Cc1nc(SCCC(=O)Nc2ccc(F)cc2)sc1CC(N)=O. The molecule has 1 aromatic heterocycles. The number of amides is 2. The average Bonchev–Trinajstić information content (AvgIpc) is 2.81. The van der Waals surface area contributed by atoms with Gasteiger partial charge in [-0.25, -0.2) is 9.37 Å². The summed E-state index contributed by atoms with van der Waals surface area (Å²) in [4.78, 5) is 28.0. The monoisotopic (exact) mass is 353 g/mol. The lowest BCUT2D eigenvalue weighted by atomic mass is 10.3. The van der Waals surface area contributed by atoms with E-state index in [0.29, 0.717) is 17.9 Å². The number of hydrogen-bond donors (Lipinski definition) is 2. The Kier molecular flexibility index (Phi) is 6.12. The van der Waals surface area contributed by atoms with E-state index in [1.54, 1.807) is 0 Å². The number of hydrogen-bond acceptors (Lipinski definition) is 5. The molecule has 1 heterocycles. The van der Waals surface area contributed by atoms with Gasteiger partial charge in [-0.15, -0.1) is 11.3 Å². The molecule has 0 radical (unpaired) electrons. The number of aryl methyl sites for hydroxylation is 1. The van der Waals surface area contributed by atoms with E-state index in [1.165, 1.54) is 47.4 Å². The molecule has 2 rings (SSSR count). The lowest BCUT2D eigenvalue weighted by molar-refractivity contribution is -0.117. The van der Waals surface area contributed by atoms with E-state index in [9.17, 15) is 14.0 Å². The minimum atomic E-state index is -0.382. The van der Waals surface area contributed by atoms with E-state index in [2.05, 4.69) is 10.3 Å². The van der Waals surface area contributed by atoms with Crippen LogP contribution in [0.4, 0.5) is 10.1 Å². The summed E-state index contributed by atoms with van der Waals surface area (Å²) in [5.74, 6) is -0.304. The van der Waals surface area contributed by atoms with Crippen LogP contribution in [0.15, 0.2) is 28.6 Å². The summed E-state index contributed by atoms with van der Waals surface area (Å²) < 4.78 is 13.6. The standard InChI is InChI=1S/C15H16FN3O2S2/c1-9-12(8-13(17)20)23-15(18-9)22-7-6-14(21)19-11-4-2-10(16)3-5-11/h2-5H,6-8H2,1H3,(H2,17,20)(H,19,21). The molecule has 122 valence electrons. The van der Waals surface area contributed by atoms with Gasteiger partial charge in [-0.05, 0) is 31.2 Å². The normalized spacial score (nSPS) is 10.5. The summed E-state index contributed by atoms with van der Waals surface area (Å²) in [5.41, 5.74) is 6.55. The molecule has 0 saturated heterocycles. The molecule has 0 spiro atoms. The molecule has 8 heteroatoms. The van der Waals surface area contributed by atoms with Gasteiger partial charge in [0.25, 0.3) is 0 Å². The zero-order valence-electron chi connectivity index (χ0n) is 12.5. The van der Waals surface area contributed by atoms with Crippen molar-refractivity contribution in [2.45, 2.75) is 24.1 Å². The number of halogens is 1. The molecule has 0 aliphatic rings. The van der Waals surface area contributed by atoms with Crippen LogP contribution in [0.5, 0.6) is 0 Å². The van der Waals surface area contributed by atoms with Crippen molar-refractivity contribution < 1.29 is 14.0 Å². The number of nitrogens with one attached hydrogen (secondary N) is 1. The molecule has 3 N–H and O–H groups in total. The molecule has 1 aromatic carbocycles. The largest absolute Gasteiger partial charge is 0.369 e. The van der Waals surface area contributed by atoms with Crippen molar-refractivity contribution in [1.82, 2.24) is 4.98 Å². The van der Waals surface area contributed by atoms with E-state index in [4.69, 9.17) is 5.73 Å². The van der Waals surface area contributed by atoms with Crippen LogP contribution in [0, 0.1) is 12.7 Å². The first-order chi connectivity index (χ1) is 10.9. The molecular formula is C15H16FN3O2S2. The quantitative estimate of drug-likeness (QED) is 0.750. The fourth-order valence-electron chi connectivity index (χ4n) is 1.77. The molecule has 0 atom stereocenters. The highest BCUT2D eigenvalue weighted by Crippen LogP contribution is 2.28. The number of carbonyl (C=O) groups is 2. The maximum absolute atomic E-state index is 12.8. The first-order valence-corrected chi connectivity index (χ1v) is 8.67. The highest BCUT2D eigenvalue weighted by Gasteiger charge is 2.11. The second-order valence-electron chi connectivity index (χ2n) is 4.78. The zero-order chi connectivity index (χ0) is 16.8. The maximum atomic E-state index is 12.8. The van der Waals surface area contributed by atoms with Crippen LogP contribution in [-0.4, -0.2) is 22.6 Å². The maximum Gasteiger partial charge on any atom is 0.225 e. The van der Waals surface area contributed by atoms with Crippen LogP contribution in [0.2, 0.25) is 0 Å². The number of aromatic nitrogens is 1. The Morgan fingerprint density at radius 2 is 2.04 bits per heavy atom. The second kappa shape index (κ2) is 8.07. The zero-order valence-corrected chi connectivity index (χ0v) is 14.1. The van der Waals surface area contributed by atoms with Gasteiger partial charge in [0.15, 0.2) is 0 Å². The molecule has 0 aliphatic heterocycles. The number of nitrogens with zero attached hydrogens (tertiary/aromatic N) is 1. The summed E-state index contributed by atoms with van der Waals surface area (Å²) >= 11 is 2.88. The van der Waals surface area contributed by atoms with Gasteiger partial charge in [-0.3, -0.25) is 9.59 Å². The molecule has 0 unspecified atom stereocenters. The summed E-state index contributed by atoms with van der Waals surface area (Å²) in [6, 6.07) is 5.62. The summed E-state index contributed by atoms with van der Waals surface area (Å²) in [5, 5.41) is 2.70. The summed E-state index contributed by atoms with van der Waals surface area (Å²) in [6.07, 6.45) is 0.501. The highest BCUT2D eigenvalue weighted by molar-refractivity contribution is 8.01. The lowest BCUT2D eigenvalue weighted by Crippen LogP contribution is -2.13. The van der Waals surface area contributed by atoms with Crippen LogP contribution >= 0.6 is 23.1 Å². The molecular weight excluding hydrogens is 337 g/mol. The Morgan fingerprint density at radius 3 is 2.70 bits per heavy atom. The molecule has 5 nitrogen and oxygen atoms in total. The second-order valence-corrected chi connectivity index (χ2v) is 7.21. The smallest absolute Gasteiger partial charge is 0.225 e. The third-order valence-corrected chi connectivity index (χ3v) is 5.19. The van der Waals surface area contributed by atoms with Crippen molar-refractivity contribution in [2.24, 2.45) is 5.73 Å². The number of thiazole rings is 1. The molecule has 23 heavy (non-hydrogen) atoms. The van der Waals surface area contributed by atoms with E-state index < -0.39 is 0 Å². The van der Waals surface area contributed by atoms with Crippen LogP contribution < -0.4 is 11.1 Å². The van der Waals surface area contributed by atoms with Crippen molar-refractivity contribution in [3.05, 3.63) is 40.7 Å². The fourth-order valence-corrected chi connectivity index (χ4v) is 4.03. The van der Waals surface area contributed by atoms with Crippen LogP contribution in [-0.2, 0) is 16.0 Å². The van der Waals surface area contributed by atoms with Gasteiger partial charge >= 0.3 is 0 Å².